The minimum absolute atomic E-state index is 0.0869. The number of allylic oxidation sites excluding steroid dienone is 12. The van der Waals surface area contributed by atoms with E-state index in [9.17, 15) is 14.4 Å². The molecule has 0 spiro atoms. The van der Waals surface area contributed by atoms with Crippen LogP contribution in [0.1, 0.15) is 303 Å². The summed E-state index contributed by atoms with van der Waals surface area (Å²) in [5.41, 5.74) is 0. The van der Waals surface area contributed by atoms with Gasteiger partial charge in [-0.25, -0.2) is 0 Å². The Morgan fingerprint density at radius 3 is 0.859 bits per heavy atom. The first-order valence-electron chi connectivity index (χ1n) is 30.4. The van der Waals surface area contributed by atoms with Crippen molar-refractivity contribution in [3.63, 3.8) is 0 Å². The number of esters is 3. The van der Waals surface area contributed by atoms with Crippen molar-refractivity contribution in [2.75, 3.05) is 13.2 Å². The lowest BCUT2D eigenvalue weighted by Gasteiger charge is -2.18. The molecule has 0 aromatic carbocycles. The van der Waals surface area contributed by atoms with Gasteiger partial charge in [-0.3, -0.25) is 14.4 Å². The highest BCUT2D eigenvalue weighted by Crippen LogP contribution is 2.15. The van der Waals surface area contributed by atoms with Crippen molar-refractivity contribution in [1.82, 2.24) is 0 Å². The Morgan fingerprint density at radius 2 is 0.535 bits per heavy atom. The second-order valence-corrected chi connectivity index (χ2v) is 20.2. The molecule has 0 rings (SSSR count). The highest BCUT2D eigenvalue weighted by molar-refractivity contribution is 5.71. The van der Waals surface area contributed by atoms with Crippen LogP contribution < -0.4 is 0 Å². The Morgan fingerprint density at radius 1 is 0.282 bits per heavy atom. The molecule has 0 saturated carbocycles. The summed E-state index contributed by atoms with van der Waals surface area (Å²) in [5.74, 6) is -0.904. The Bertz CT molecular complexity index is 1320. The quantitative estimate of drug-likeness (QED) is 0.0261. The van der Waals surface area contributed by atoms with Gasteiger partial charge in [0.2, 0.25) is 0 Å². The number of rotatable bonds is 55. The van der Waals surface area contributed by atoms with Crippen molar-refractivity contribution in [3.05, 3.63) is 72.9 Å². The molecule has 0 aliphatic heterocycles. The van der Waals surface area contributed by atoms with Gasteiger partial charge < -0.3 is 14.2 Å². The summed E-state index contributed by atoms with van der Waals surface area (Å²) in [6, 6.07) is 0. The predicted octanol–water partition coefficient (Wildman–Crippen LogP) is 20.5. The molecule has 1 atom stereocenters. The van der Waals surface area contributed by atoms with E-state index in [1.165, 1.54) is 154 Å². The van der Waals surface area contributed by atoms with Crippen LogP contribution in [0.2, 0.25) is 0 Å². The zero-order valence-corrected chi connectivity index (χ0v) is 47.0. The van der Waals surface area contributed by atoms with Crippen LogP contribution in [0.3, 0.4) is 0 Å². The second kappa shape index (κ2) is 59.4. The molecule has 0 aliphatic carbocycles. The molecule has 6 nitrogen and oxygen atoms in total. The van der Waals surface area contributed by atoms with Crippen molar-refractivity contribution in [2.45, 2.75) is 309 Å². The molecule has 0 amide bonds. The van der Waals surface area contributed by atoms with Gasteiger partial charge in [-0.2, -0.15) is 0 Å². The van der Waals surface area contributed by atoms with E-state index < -0.39 is 6.10 Å². The first-order chi connectivity index (χ1) is 35.0. The third kappa shape index (κ3) is 57.6. The zero-order chi connectivity index (χ0) is 51.4. The lowest BCUT2D eigenvalue weighted by atomic mass is 10.1. The lowest BCUT2D eigenvalue weighted by molar-refractivity contribution is -0.167. The average Bonchev–Trinajstić information content (AvgIpc) is 3.37. The molecule has 71 heavy (non-hydrogen) atoms. The summed E-state index contributed by atoms with van der Waals surface area (Å²) in [4.78, 5) is 38.2. The van der Waals surface area contributed by atoms with Gasteiger partial charge in [-0.05, 0) is 109 Å². The average molecular weight is 992 g/mol. The number of ether oxygens (including phenoxy) is 3. The molecule has 0 heterocycles. The van der Waals surface area contributed by atoms with E-state index in [-0.39, 0.29) is 31.1 Å². The minimum Gasteiger partial charge on any atom is -0.462 e. The third-order valence-electron chi connectivity index (χ3n) is 13.1. The van der Waals surface area contributed by atoms with Crippen molar-refractivity contribution in [3.8, 4) is 0 Å². The molecule has 0 aromatic rings. The van der Waals surface area contributed by atoms with Crippen molar-refractivity contribution in [1.29, 1.82) is 0 Å². The summed E-state index contributed by atoms with van der Waals surface area (Å²) in [6.45, 7) is 6.56. The zero-order valence-electron chi connectivity index (χ0n) is 47.0. The van der Waals surface area contributed by atoms with Crippen LogP contribution in [0, 0.1) is 0 Å². The van der Waals surface area contributed by atoms with Crippen LogP contribution in [0.25, 0.3) is 0 Å². The van der Waals surface area contributed by atoms with Crippen LogP contribution >= 0.6 is 0 Å². The van der Waals surface area contributed by atoms with Crippen LogP contribution in [0.15, 0.2) is 72.9 Å². The summed E-state index contributed by atoms with van der Waals surface area (Å²) < 4.78 is 16.9. The van der Waals surface area contributed by atoms with E-state index in [1.54, 1.807) is 0 Å². The van der Waals surface area contributed by atoms with Crippen molar-refractivity contribution < 1.29 is 28.6 Å². The fourth-order valence-corrected chi connectivity index (χ4v) is 8.54. The first-order valence-corrected chi connectivity index (χ1v) is 30.4. The molecule has 6 heteroatoms. The van der Waals surface area contributed by atoms with Crippen LogP contribution in [-0.2, 0) is 28.6 Å². The van der Waals surface area contributed by atoms with E-state index in [0.717, 1.165) is 109 Å². The van der Waals surface area contributed by atoms with Gasteiger partial charge in [0.15, 0.2) is 6.10 Å². The largest absolute Gasteiger partial charge is 0.462 e. The van der Waals surface area contributed by atoms with E-state index >= 15 is 0 Å². The molecule has 0 N–H and O–H groups in total. The smallest absolute Gasteiger partial charge is 0.306 e. The maximum absolute atomic E-state index is 12.9. The molecule has 0 saturated heterocycles. The molecule has 0 aliphatic rings. The fraction of sp³-hybridized carbons (Fsp3) is 0.769. The van der Waals surface area contributed by atoms with E-state index in [4.69, 9.17) is 14.2 Å². The molecule has 0 aromatic heterocycles. The van der Waals surface area contributed by atoms with Gasteiger partial charge in [-0.1, -0.05) is 248 Å². The second-order valence-electron chi connectivity index (χ2n) is 20.2. The Balaban J connectivity index is 4.38. The maximum atomic E-state index is 12.9. The van der Waals surface area contributed by atoms with Gasteiger partial charge in [0.1, 0.15) is 13.2 Å². The van der Waals surface area contributed by atoms with Crippen LogP contribution in [0.5, 0.6) is 0 Å². The third-order valence-corrected chi connectivity index (χ3v) is 13.1. The maximum Gasteiger partial charge on any atom is 0.306 e. The molecule has 0 bridgehead atoms. The predicted molar refractivity (Wildman–Crippen MR) is 307 cm³/mol. The van der Waals surface area contributed by atoms with Gasteiger partial charge in [-0.15, -0.1) is 0 Å². The summed E-state index contributed by atoms with van der Waals surface area (Å²) in [5, 5.41) is 0. The number of carbonyl (C=O) groups excluding carboxylic acids is 3. The molecule has 0 fully saturated rings. The molecule has 1 unspecified atom stereocenters. The highest BCUT2D eigenvalue weighted by atomic mass is 16.6. The number of unbranched alkanes of at least 4 members (excludes halogenated alkanes) is 32. The Hall–Kier alpha value is -3.15. The van der Waals surface area contributed by atoms with Gasteiger partial charge in [0.25, 0.3) is 0 Å². The molecule has 0 radical (unpaired) electrons. The Kier molecular flexibility index (Phi) is 56.8. The van der Waals surface area contributed by atoms with Crippen molar-refractivity contribution >= 4 is 17.9 Å². The first kappa shape index (κ1) is 67.8. The summed E-state index contributed by atoms with van der Waals surface area (Å²) in [7, 11) is 0. The van der Waals surface area contributed by atoms with Gasteiger partial charge in [0.05, 0.1) is 0 Å². The van der Waals surface area contributed by atoms with E-state index in [0.29, 0.717) is 19.3 Å². The lowest BCUT2D eigenvalue weighted by Crippen LogP contribution is -2.30. The molecule has 410 valence electrons. The molecular weight excluding hydrogens is 877 g/mol. The van der Waals surface area contributed by atoms with E-state index in [1.807, 2.05) is 0 Å². The SMILES string of the molecule is CCC/C=C\C/C=C\CCCCCCCC(=O)OCC(COC(=O)CCCCCCCC/C=C\C/C=C\C/C=C\CCCCCCC)OC(=O)CCCCCCCCCCC/C=C\CCCCCCCC. The number of hydrogen-bond acceptors (Lipinski definition) is 6. The van der Waals surface area contributed by atoms with Crippen LogP contribution in [0.4, 0.5) is 0 Å². The standard InChI is InChI=1S/C65H114O6/c1-4-7-10-13-16-19-22-25-27-29-31-32-34-35-37-40-43-46-49-52-55-58-64(67)70-61-62(60-69-63(66)57-54-51-48-45-42-39-24-21-18-15-12-9-6-3)71-65(68)59-56-53-50-47-44-41-38-36-33-30-28-26-23-20-17-14-11-8-5-2/h12,15,21-22,24-26,28-29,31,34-35,62H,4-11,13-14,16-20,23,27,30,32-33,36-61H2,1-3H3/b15-12-,24-21-,25-22-,28-26-,31-29-,35-34-. The van der Waals surface area contributed by atoms with Crippen molar-refractivity contribution in [2.24, 2.45) is 0 Å². The molecular formula is C65H114O6. The Labute approximate surface area is 440 Å². The number of carbonyl (C=O) groups is 3. The fourth-order valence-electron chi connectivity index (χ4n) is 8.54. The van der Waals surface area contributed by atoms with E-state index in [2.05, 4.69) is 93.7 Å². The minimum atomic E-state index is -0.789. The summed E-state index contributed by atoms with van der Waals surface area (Å²) in [6.07, 6.45) is 76.1. The monoisotopic (exact) mass is 991 g/mol. The normalized spacial score (nSPS) is 12.5. The van der Waals surface area contributed by atoms with Gasteiger partial charge in [0, 0.05) is 19.3 Å². The van der Waals surface area contributed by atoms with Gasteiger partial charge >= 0.3 is 17.9 Å². The summed E-state index contributed by atoms with van der Waals surface area (Å²) >= 11 is 0. The topological polar surface area (TPSA) is 78.9 Å². The van der Waals surface area contributed by atoms with Crippen LogP contribution in [-0.4, -0.2) is 37.2 Å². The highest BCUT2D eigenvalue weighted by Gasteiger charge is 2.19. The number of hydrogen-bond donors (Lipinski definition) is 0.